The maximum atomic E-state index is 13.4. The van der Waals surface area contributed by atoms with Crippen LogP contribution in [0.25, 0.3) is 5.76 Å². The molecule has 174 valence electrons. The Morgan fingerprint density at radius 1 is 1.21 bits per heavy atom. The van der Waals surface area contributed by atoms with Gasteiger partial charge in [0.15, 0.2) is 0 Å². The monoisotopic (exact) mass is 452 g/mol. The van der Waals surface area contributed by atoms with Crippen LogP contribution in [0.15, 0.2) is 59.0 Å². The molecule has 1 unspecified atom stereocenters. The molecule has 2 fully saturated rings. The van der Waals surface area contributed by atoms with E-state index in [1.807, 2.05) is 0 Å². The van der Waals surface area contributed by atoms with Crippen LogP contribution in [0.1, 0.15) is 23.1 Å². The molecular formula is C25H28N2O6. The molecule has 4 rings (SSSR count). The molecule has 1 aromatic carbocycles. The fraction of sp³-hybridized carbons (Fsp3) is 0.360. The van der Waals surface area contributed by atoms with Crippen LogP contribution in [-0.2, 0) is 14.3 Å². The highest BCUT2D eigenvalue weighted by atomic mass is 16.5. The Labute approximate surface area is 192 Å². The zero-order chi connectivity index (χ0) is 23.4. The fourth-order valence-electron chi connectivity index (χ4n) is 4.20. The van der Waals surface area contributed by atoms with Crippen LogP contribution < -0.4 is 14.7 Å². The van der Waals surface area contributed by atoms with Crippen molar-refractivity contribution in [3.05, 3.63) is 71.7 Å². The first kappa shape index (κ1) is 22.8. The summed E-state index contributed by atoms with van der Waals surface area (Å²) in [5.74, 6) is -0.287. The number of hydrogen-bond donors (Lipinski definition) is 1. The minimum Gasteiger partial charge on any atom is -0.872 e. The van der Waals surface area contributed by atoms with E-state index in [-0.39, 0.29) is 5.57 Å². The highest BCUT2D eigenvalue weighted by Gasteiger charge is 2.46. The van der Waals surface area contributed by atoms with E-state index >= 15 is 0 Å². The molecule has 0 aliphatic carbocycles. The first-order chi connectivity index (χ1) is 16.0. The minimum absolute atomic E-state index is 0.0777. The third-order valence-electron chi connectivity index (χ3n) is 5.95. The topological polar surface area (TPSA) is 96.5 Å². The van der Waals surface area contributed by atoms with Crippen molar-refractivity contribution in [2.24, 2.45) is 0 Å². The van der Waals surface area contributed by atoms with Gasteiger partial charge in [0, 0.05) is 5.57 Å². The quantitative estimate of drug-likeness (QED) is 0.268. The van der Waals surface area contributed by atoms with Crippen molar-refractivity contribution < 1.29 is 33.5 Å². The predicted molar refractivity (Wildman–Crippen MR) is 118 cm³/mol. The molecule has 0 bridgehead atoms. The van der Waals surface area contributed by atoms with Gasteiger partial charge >= 0.3 is 0 Å². The standard InChI is InChI=1S/C25H28N2O6/c1-3-14-32-19-7-5-18(6-8-19)23(28)21-22(20-9-4-17(2)33-20)27(25(30)24(21)29)11-10-26-12-15-31-16-13-26/h3-9,22,28H,1,10-16H2,2H3. The van der Waals surface area contributed by atoms with Gasteiger partial charge in [-0.25, -0.2) is 0 Å². The molecule has 0 spiro atoms. The van der Waals surface area contributed by atoms with Gasteiger partial charge < -0.3 is 28.8 Å². The largest absolute Gasteiger partial charge is 0.872 e. The smallest absolute Gasteiger partial charge is 0.295 e. The number of quaternary nitrogens is 1. The van der Waals surface area contributed by atoms with E-state index in [4.69, 9.17) is 13.9 Å². The Morgan fingerprint density at radius 3 is 2.58 bits per heavy atom. The van der Waals surface area contributed by atoms with E-state index in [1.54, 1.807) is 49.4 Å². The van der Waals surface area contributed by atoms with Crippen molar-refractivity contribution in [1.29, 1.82) is 0 Å². The molecule has 2 aliphatic heterocycles. The third-order valence-corrected chi connectivity index (χ3v) is 5.95. The maximum Gasteiger partial charge on any atom is 0.295 e. The second-order valence-electron chi connectivity index (χ2n) is 8.16. The number of morpholine rings is 1. The summed E-state index contributed by atoms with van der Waals surface area (Å²) in [6.45, 7) is 9.77. The lowest BCUT2D eigenvalue weighted by atomic mass is 9.99. The summed E-state index contributed by atoms with van der Waals surface area (Å²) in [6.07, 6.45) is 1.63. The van der Waals surface area contributed by atoms with E-state index in [0.29, 0.717) is 55.7 Å². The lowest BCUT2D eigenvalue weighted by Gasteiger charge is -2.29. The summed E-state index contributed by atoms with van der Waals surface area (Å²) < 4.78 is 16.6. The number of hydrogen-bond acceptors (Lipinski definition) is 6. The fourth-order valence-corrected chi connectivity index (χ4v) is 4.20. The Hall–Kier alpha value is -3.36. The summed E-state index contributed by atoms with van der Waals surface area (Å²) in [4.78, 5) is 28.8. The molecule has 1 amide bonds. The van der Waals surface area contributed by atoms with Gasteiger partial charge in [0.25, 0.3) is 5.91 Å². The third kappa shape index (κ3) is 4.86. The van der Waals surface area contributed by atoms with E-state index in [0.717, 1.165) is 13.1 Å². The molecule has 1 N–H and O–H groups in total. The molecule has 0 radical (unpaired) electrons. The second-order valence-corrected chi connectivity index (χ2v) is 8.16. The van der Waals surface area contributed by atoms with Gasteiger partial charge in [-0.3, -0.25) is 9.59 Å². The van der Waals surface area contributed by atoms with Gasteiger partial charge in [-0.2, -0.15) is 0 Å². The Balaban J connectivity index is 1.66. The first-order valence-corrected chi connectivity index (χ1v) is 11.1. The van der Waals surface area contributed by atoms with E-state index in [2.05, 4.69) is 6.58 Å². The molecular weight excluding hydrogens is 424 g/mol. The average molecular weight is 453 g/mol. The molecule has 2 aromatic rings. The van der Waals surface area contributed by atoms with Gasteiger partial charge in [-0.05, 0) is 36.8 Å². The molecule has 2 aliphatic rings. The lowest BCUT2D eigenvalue weighted by molar-refractivity contribution is -0.907. The van der Waals surface area contributed by atoms with Crippen molar-refractivity contribution in [1.82, 2.24) is 4.90 Å². The van der Waals surface area contributed by atoms with Crippen LogP contribution in [-0.4, -0.2) is 62.6 Å². The van der Waals surface area contributed by atoms with Crippen molar-refractivity contribution in [2.75, 3.05) is 46.0 Å². The molecule has 8 nitrogen and oxygen atoms in total. The maximum absolute atomic E-state index is 13.4. The molecule has 1 aromatic heterocycles. The Bertz CT molecular complexity index is 1050. The van der Waals surface area contributed by atoms with Crippen LogP contribution in [0.5, 0.6) is 5.75 Å². The van der Waals surface area contributed by atoms with Crippen LogP contribution in [0.2, 0.25) is 0 Å². The SMILES string of the molecule is C=CCOc1ccc(C([O-])=C2C(=O)C(=O)N(CC[NH+]3CCOCC3)C2c2ccc(C)o2)cc1. The zero-order valence-corrected chi connectivity index (χ0v) is 18.7. The Kier molecular flexibility index (Phi) is 6.96. The number of amides is 1. The number of likely N-dealkylation sites (tertiary alicyclic amines) is 1. The molecule has 3 heterocycles. The molecule has 8 heteroatoms. The van der Waals surface area contributed by atoms with E-state index in [9.17, 15) is 14.7 Å². The van der Waals surface area contributed by atoms with Crippen molar-refractivity contribution in [2.45, 2.75) is 13.0 Å². The lowest BCUT2D eigenvalue weighted by Crippen LogP contribution is -3.14. The minimum atomic E-state index is -0.844. The number of aryl methyl sites for hydroxylation is 1. The number of rotatable bonds is 8. The van der Waals surface area contributed by atoms with Crippen LogP contribution in [0, 0.1) is 6.92 Å². The van der Waals surface area contributed by atoms with Crippen LogP contribution >= 0.6 is 0 Å². The summed E-state index contributed by atoms with van der Waals surface area (Å²) in [7, 11) is 0. The number of nitrogens with zero attached hydrogens (tertiary/aromatic N) is 1. The molecule has 1 atom stereocenters. The number of nitrogens with one attached hydrogen (secondary N) is 1. The molecule has 33 heavy (non-hydrogen) atoms. The first-order valence-electron chi connectivity index (χ1n) is 11.1. The molecule has 2 saturated heterocycles. The van der Waals surface area contributed by atoms with Gasteiger partial charge in [-0.15, -0.1) is 0 Å². The van der Waals surface area contributed by atoms with Gasteiger partial charge in [-0.1, -0.05) is 30.5 Å². The molecule has 0 saturated carbocycles. The van der Waals surface area contributed by atoms with Gasteiger partial charge in [0.05, 0.1) is 26.3 Å². The highest BCUT2D eigenvalue weighted by molar-refractivity contribution is 6.46. The number of carbonyl (C=O) groups excluding carboxylic acids is 2. The summed E-state index contributed by atoms with van der Waals surface area (Å²) in [5.41, 5.74) is 0.233. The zero-order valence-electron chi connectivity index (χ0n) is 18.7. The van der Waals surface area contributed by atoms with Gasteiger partial charge in [0.2, 0.25) is 5.78 Å². The normalized spacial score (nSPS) is 20.9. The van der Waals surface area contributed by atoms with Crippen molar-refractivity contribution in [3.8, 4) is 5.75 Å². The predicted octanol–water partition coefficient (Wildman–Crippen LogP) is 0.292. The Morgan fingerprint density at radius 2 is 1.94 bits per heavy atom. The number of ketones is 1. The summed E-state index contributed by atoms with van der Waals surface area (Å²) in [5, 5.41) is 13.4. The number of furan rings is 1. The highest BCUT2D eigenvalue weighted by Crippen LogP contribution is 2.39. The average Bonchev–Trinajstić information content (AvgIpc) is 3.37. The van der Waals surface area contributed by atoms with Crippen LogP contribution in [0.3, 0.4) is 0 Å². The summed E-state index contributed by atoms with van der Waals surface area (Å²) in [6, 6.07) is 9.15. The van der Waals surface area contributed by atoms with E-state index < -0.39 is 23.5 Å². The number of carbonyl (C=O) groups is 2. The second kappa shape index (κ2) is 10.1. The summed E-state index contributed by atoms with van der Waals surface area (Å²) >= 11 is 0. The van der Waals surface area contributed by atoms with Gasteiger partial charge in [0.1, 0.15) is 43.0 Å². The van der Waals surface area contributed by atoms with Crippen molar-refractivity contribution >= 4 is 17.4 Å². The van der Waals surface area contributed by atoms with Crippen molar-refractivity contribution in [3.63, 3.8) is 0 Å². The number of Topliss-reactive ketones (excluding diaryl/α,β-unsaturated/α-hetero) is 1. The number of ether oxygens (including phenoxy) is 2. The van der Waals surface area contributed by atoms with Crippen LogP contribution in [0.4, 0.5) is 0 Å². The van der Waals surface area contributed by atoms with E-state index in [1.165, 1.54) is 9.80 Å². The number of benzene rings is 1.